The fourth-order valence-corrected chi connectivity index (χ4v) is 1.02. The third kappa shape index (κ3) is 1.04. The Kier molecular flexibility index (Phi) is 2.06. The smallest absolute Gasteiger partial charge is 0.151 e. The Morgan fingerprint density at radius 2 is 2.40 bits per heavy atom. The number of hydrogen-bond acceptors (Lipinski definition) is 3. The van der Waals surface area contributed by atoms with Gasteiger partial charge in [-0.2, -0.15) is 5.10 Å². The summed E-state index contributed by atoms with van der Waals surface area (Å²) in [6, 6.07) is 2.00. The third-order valence-electron chi connectivity index (χ3n) is 1.49. The number of hydrogen-bond donors (Lipinski definition) is 1. The minimum Gasteiger partial charge on any atom is -0.368 e. The first-order chi connectivity index (χ1) is 4.47. The van der Waals surface area contributed by atoms with Gasteiger partial charge in [0.1, 0.15) is 0 Å². The van der Waals surface area contributed by atoms with Crippen molar-refractivity contribution in [2.24, 2.45) is 0 Å². The van der Waals surface area contributed by atoms with Crippen LogP contribution in [0.25, 0.3) is 0 Å². The Bertz CT molecular complexity index is 203. The molecular formula is C6H8ClN3. The Balaban J connectivity index is 0.000000500. The molecule has 3 nitrogen and oxygen atoms in total. The first-order valence-corrected chi connectivity index (χ1v) is 3.01. The highest BCUT2D eigenvalue weighted by Crippen LogP contribution is 2.15. The summed E-state index contributed by atoms with van der Waals surface area (Å²) in [6.45, 7) is 1.01. The molecule has 1 aliphatic rings. The summed E-state index contributed by atoms with van der Waals surface area (Å²) < 4.78 is 0. The minimum atomic E-state index is 0. The van der Waals surface area contributed by atoms with Gasteiger partial charge >= 0.3 is 0 Å². The molecule has 2 heterocycles. The van der Waals surface area contributed by atoms with Crippen LogP contribution in [0.4, 0.5) is 5.82 Å². The zero-order valence-electron chi connectivity index (χ0n) is 5.37. The van der Waals surface area contributed by atoms with E-state index in [9.17, 15) is 0 Å². The fraction of sp³-hybridized carbons (Fsp3) is 0.333. The molecular weight excluding hydrogens is 150 g/mol. The molecule has 0 aliphatic carbocycles. The molecule has 4 heteroatoms. The van der Waals surface area contributed by atoms with E-state index in [1.165, 1.54) is 5.56 Å². The van der Waals surface area contributed by atoms with Gasteiger partial charge in [-0.3, -0.25) is 0 Å². The fourth-order valence-electron chi connectivity index (χ4n) is 1.02. The minimum absolute atomic E-state index is 0. The predicted molar refractivity (Wildman–Crippen MR) is 41.5 cm³/mol. The highest BCUT2D eigenvalue weighted by Gasteiger charge is 2.08. The molecule has 2 rings (SSSR count). The van der Waals surface area contributed by atoms with Crippen molar-refractivity contribution in [3.05, 3.63) is 17.8 Å². The summed E-state index contributed by atoms with van der Waals surface area (Å²) in [5, 5.41) is 10.8. The molecule has 0 radical (unpaired) electrons. The monoisotopic (exact) mass is 157 g/mol. The van der Waals surface area contributed by atoms with Crippen LogP contribution in [0.5, 0.6) is 0 Å². The maximum Gasteiger partial charge on any atom is 0.151 e. The molecule has 1 aromatic heterocycles. The second-order valence-electron chi connectivity index (χ2n) is 2.08. The molecule has 0 fully saturated rings. The van der Waals surface area contributed by atoms with Gasteiger partial charge in [0.25, 0.3) is 0 Å². The maximum absolute atomic E-state index is 3.90. The lowest BCUT2D eigenvalue weighted by molar-refractivity contribution is 1.03. The van der Waals surface area contributed by atoms with Crippen molar-refractivity contribution in [3.63, 3.8) is 0 Å². The van der Waals surface area contributed by atoms with Crippen LogP contribution in [0.15, 0.2) is 12.3 Å². The Morgan fingerprint density at radius 3 is 3.20 bits per heavy atom. The largest absolute Gasteiger partial charge is 0.368 e. The van der Waals surface area contributed by atoms with Crippen molar-refractivity contribution in [1.82, 2.24) is 10.2 Å². The molecule has 0 aromatic carbocycles. The molecule has 0 saturated heterocycles. The zero-order chi connectivity index (χ0) is 6.10. The third-order valence-corrected chi connectivity index (χ3v) is 1.49. The first kappa shape index (κ1) is 7.28. The number of fused-ring (bicyclic) bond motifs is 1. The number of rotatable bonds is 0. The predicted octanol–water partition coefficient (Wildman–Crippen LogP) is 0.866. The van der Waals surface area contributed by atoms with E-state index in [2.05, 4.69) is 15.5 Å². The van der Waals surface area contributed by atoms with Crippen LogP contribution in [-0.4, -0.2) is 16.7 Å². The van der Waals surface area contributed by atoms with E-state index in [4.69, 9.17) is 0 Å². The molecule has 1 N–H and O–H groups in total. The summed E-state index contributed by atoms with van der Waals surface area (Å²) >= 11 is 0. The van der Waals surface area contributed by atoms with Gasteiger partial charge in [0.05, 0.1) is 6.20 Å². The van der Waals surface area contributed by atoms with Crippen molar-refractivity contribution in [3.8, 4) is 0 Å². The highest BCUT2D eigenvalue weighted by atomic mass is 35.5. The van der Waals surface area contributed by atoms with Gasteiger partial charge < -0.3 is 5.32 Å². The van der Waals surface area contributed by atoms with Crippen molar-refractivity contribution in [2.75, 3.05) is 11.9 Å². The zero-order valence-corrected chi connectivity index (χ0v) is 6.19. The lowest BCUT2D eigenvalue weighted by Crippen LogP contribution is -1.93. The number of anilines is 1. The van der Waals surface area contributed by atoms with Gasteiger partial charge in [-0.05, 0) is 18.1 Å². The van der Waals surface area contributed by atoms with Crippen LogP contribution in [0, 0.1) is 0 Å². The number of nitrogens with zero attached hydrogens (tertiary/aromatic N) is 2. The van der Waals surface area contributed by atoms with E-state index in [1.54, 1.807) is 6.20 Å². The maximum atomic E-state index is 3.90. The number of halogens is 1. The molecule has 0 atom stereocenters. The van der Waals surface area contributed by atoms with E-state index in [0.29, 0.717) is 0 Å². The van der Waals surface area contributed by atoms with E-state index >= 15 is 0 Å². The Morgan fingerprint density at radius 1 is 1.50 bits per heavy atom. The van der Waals surface area contributed by atoms with Gasteiger partial charge in [-0.25, -0.2) is 0 Å². The van der Waals surface area contributed by atoms with E-state index in [0.717, 1.165) is 18.8 Å². The molecule has 1 aliphatic heterocycles. The average Bonchev–Trinajstić information content (AvgIpc) is 2.33. The molecule has 0 amide bonds. The summed E-state index contributed by atoms with van der Waals surface area (Å²) in [5.74, 6) is 0.956. The molecule has 0 unspecified atom stereocenters. The van der Waals surface area contributed by atoms with Crippen molar-refractivity contribution < 1.29 is 0 Å². The van der Waals surface area contributed by atoms with Crippen LogP contribution in [-0.2, 0) is 6.42 Å². The van der Waals surface area contributed by atoms with Crippen LogP contribution in [0.1, 0.15) is 5.56 Å². The molecule has 0 spiro atoms. The Hall–Kier alpha value is -0.830. The van der Waals surface area contributed by atoms with Crippen LogP contribution < -0.4 is 5.32 Å². The second kappa shape index (κ2) is 2.84. The lowest BCUT2D eigenvalue weighted by Gasteiger charge is -1.91. The summed E-state index contributed by atoms with van der Waals surface area (Å²) in [4.78, 5) is 0. The van der Waals surface area contributed by atoms with Crippen LogP contribution in [0.3, 0.4) is 0 Å². The van der Waals surface area contributed by atoms with E-state index in [-0.39, 0.29) is 12.4 Å². The molecule has 1 aromatic rings. The Labute approximate surface area is 65.3 Å². The molecule has 0 bridgehead atoms. The summed E-state index contributed by atoms with van der Waals surface area (Å²) in [7, 11) is 0. The van der Waals surface area contributed by atoms with Crippen molar-refractivity contribution >= 4 is 18.2 Å². The molecule has 0 saturated carbocycles. The van der Waals surface area contributed by atoms with Crippen molar-refractivity contribution in [1.29, 1.82) is 0 Å². The first-order valence-electron chi connectivity index (χ1n) is 3.01. The van der Waals surface area contributed by atoms with Gasteiger partial charge in [0.2, 0.25) is 0 Å². The lowest BCUT2D eigenvalue weighted by atomic mass is 10.2. The standard InChI is InChI=1S/C6H7N3.ClH/c1-3-7-6-5(1)2-4-8-9-6;/h2,4H,1,3H2,(H,7,9);1H. The SMILES string of the molecule is Cl.c1cc2c(nn1)NCC2. The van der Waals surface area contributed by atoms with Crippen LogP contribution in [0.2, 0.25) is 0 Å². The van der Waals surface area contributed by atoms with E-state index < -0.39 is 0 Å². The normalized spacial score (nSPS) is 13.2. The highest BCUT2D eigenvalue weighted by molar-refractivity contribution is 5.85. The second-order valence-corrected chi connectivity index (χ2v) is 2.08. The molecule has 10 heavy (non-hydrogen) atoms. The van der Waals surface area contributed by atoms with Gasteiger partial charge in [-0.1, -0.05) is 0 Å². The summed E-state index contributed by atoms with van der Waals surface area (Å²) in [6.07, 6.45) is 2.82. The molecule has 54 valence electrons. The van der Waals surface area contributed by atoms with E-state index in [1.807, 2.05) is 6.07 Å². The number of aromatic nitrogens is 2. The quantitative estimate of drug-likeness (QED) is 0.607. The van der Waals surface area contributed by atoms with Gasteiger partial charge in [-0.15, -0.1) is 17.5 Å². The number of nitrogens with one attached hydrogen (secondary N) is 1. The van der Waals surface area contributed by atoms with Crippen molar-refractivity contribution in [2.45, 2.75) is 6.42 Å². The van der Waals surface area contributed by atoms with Gasteiger partial charge in [0, 0.05) is 6.54 Å². The average molecular weight is 158 g/mol. The van der Waals surface area contributed by atoms with Gasteiger partial charge in [0.15, 0.2) is 5.82 Å². The summed E-state index contributed by atoms with van der Waals surface area (Å²) in [5.41, 5.74) is 1.28. The topological polar surface area (TPSA) is 37.8 Å². The van der Waals surface area contributed by atoms with Crippen LogP contribution >= 0.6 is 12.4 Å².